The Hall–Kier alpha value is -2.71. The predicted octanol–water partition coefficient (Wildman–Crippen LogP) is 3.63. The van der Waals surface area contributed by atoms with Crippen LogP contribution in [0.25, 0.3) is 16.9 Å². The molecule has 3 aromatic heterocycles. The highest BCUT2D eigenvalue weighted by molar-refractivity contribution is 7.09. The van der Waals surface area contributed by atoms with Crippen molar-refractivity contribution in [3.8, 4) is 5.69 Å². The van der Waals surface area contributed by atoms with Crippen LogP contribution >= 0.6 is 22.9 Å². The summed E-state index contributed by atoms with van der Waals surface area (Å²) in [6, 6.07) is 7.05. The van der Waals surface area contributed by atoms with Crippen LogP contribution in [0.2, 0.25) is 5.02 Å². The molecule has 4 aromatic rings. The SMILES string of the molecule is CCn1cnc2c(=O)n(-c3ccc(Cl)cc3)c(NCc3csc(C)n3)nc21. The number of hydrogen-bond acceptors (Lipinski definition) is 6. The van der Waals surface area contributed by atoms with E-state index < -0.39 is 0 Å². The van der Waals surface area contributed by atoms with Crippen LogP contribution in [0.15, 0.2) is 40.8 Å². The highest BCUT2D eigenvalue weighted by atomic mass is 35.5. The Bertz CT molecular complexity index is 1160. The number of halogens is 1. The maximum Gasteiger partial charge on any atom is 0.287 e. The second-order valence-corrected chi connectivity index (χ2v) is 7.47. The average molecular weight is 401 g/mol. The molecule has 0 spiro atoms. The van der Waals surface area contributed by atoms with E-state index in [9.17, 15) is 4.79 Å². The van der Waals surface area contributed by atoms with E-state index >= 15 is 0 Å². The number of rotatable bonds is 5. The van der Waals surface area contributed by atoms with Crippen LogP contribution < -0.4 is 10.9 Å². The molecule has 0 aliphatic rings. The molecule has 0 aliphatic heterocycles. The topological polar surface area (TPSA) is 77.6 Å². The monoisotopic (exact) mass is 400 g/mol. The lowest BCUT2D eigenvalue weighted by atomic mass is 10.3. The summed E-state index contributed by atoms with van der Waals surface area (Å²) < 4.78 is 3.37. The van der Waals surface area contributed by atoms with E-state index in [1.807, 2.05) is 23.8 Å². The molecule has 0 saturated carbocycles. The minimum Gasteiger partial charge on any atom is -0.350 e. The van der Waals surface area contributed by atoms with Crippen molar-refractivity contribution in [1.82, 2.24) is 24.1 Å². The zero-order valence-electron chi connectivity index (χ0n) is 14.8. The van der Waals surface area contributed by atoms with Gasteiger partial charge in [-0.25, -0.2) is 14.5 Å². The first-order chi connectivity index (χ1) is 13.1. The number of hydrogen-bond donors (Lipinski definition) is 1. The van der Waals surface area contributed by atoms with Gasteiger partial charge in [-0.15, -0.1) is 11.3 Å². The van der Waals surface area contributed by atoms with Crippen LogP contribution in [0.3, 0.4) is 0 Å². The van der Waals surface area contributed by atoms with E-state index in [0.717, 1.165) is 10.7 Å². The zero-order chi connectivity index (χ0) is 19.0. The molecule has 0 fully saturated rings. The number of benzene rings is 1. The van der Waals surface area contributed by atoms with Crippen LogP contribution in [0, 0.1) is 6.92 Å². The van der Waals surface area contributed by atoms with E-state index in [0.29, 0.717) is 40.9 Å². The maximum atomic E-state index is 13.1. The number of aryl methyl sites for hydroxylation is 2. The first kappa shape index (κ1) is 17.7. The normalized spacial score (nSPS) is 11.2. The van der Waals surface area contributed by atoms with Gasteiger partial charge in [0.2, 0.25) is 5.95 Å². The highest BCUT2D eigenvalue weighted by Gasteiger charge is 2.16. The van der Waals surface area contributed by atoms with Crippen molar-refractivity contribution >= 4 is 40.0 Å². The summed E-state index contributed by atoms with van der Waals surface area (Å²) in [5, 5.41) is 6.84. The molecule has 138 valence electrons. The second kappa shape index (κ2) is 7.13. The third kappa shape index (κ3) is 3.33. The molecule has 4 rings (SSSR count). The Morgan fingerprint density at radius 2 is 2.00 bits per heavy atom. The minimum atomic E-state index is -0.230. The third-order valence-corrected chi connectivity index (χ3v) is 5.23. The second-order valence-electron chi connectivity index (χ2n) is 5.97. The third-order valence-electron chi connectivity index (χ3n) is 4.16. The molecule has 0 atom stereocenters. The van der Waals surface area contributed by atoms with Crippen LogP contribution in [0.1, 0.15) is 17.6 Å². The van der Waals surface area contributed by atoms with Crippen molar-refractivity contribution in [2.24, 2.45) is 0 Å². The number of fused-ring (bicyclic) bond motifs is 1. The van der Waals surface area contributed by atoms with Gasteiger partial charge in [-0.3, -0.25) is 4.79 Å². The van der Waals surface area contributed by atoms with E-state index in [-0.39, 0.29) is 5.56 Å². The minimum absolute atomic E-state index is 0.230. The van der Waals surface area contributed by atoms with Crippen LogP contribution in [-0.4, -0.2) is 24.1 Å². The standard InChI is InChI=1S/C18H17ClN6OS/c1-3-24-10-21-15-16(24)23-18(20-8-13-9-27-11(2)22-13)25(17(15)26)14-6-4-12(19)5-7-14/h4-7,9-10H,3,8H2,1-2H3,(H,20,23). The highest BCUT2D eigenvalue weighted by Crippen LogP contribution is 2.19. The van der Waals surface area contributed by atoms with Gasteiger partial charge in [0.15, 0.2) is 11.2 Å². The average Bonchev–Trinajstić information content (AvgIpc) is 3.27. The lowest BCUT2D eigenvalue weighted by Gasteiger charge is -2.14. The van der Waals surface area contributed by atoms with E-state index in [4.69, 9.17) is 11.6 Å². The van der Waals surface area contributed by atoms with Crippen LogP contribution in [0.5, 0.6) is 0 Å². The van der Waals surface area contributed by atoms with Gasteiger partial charge in [0.25, 0.3) is 5.56 Å². The summed E-state index contributed by atoms with van der Waals surface area (Å²) in [7, 11) is 0. The van der Waals surface area contributed by atoms with Crippen LogP contribution in [0.4, 0.5) is 5.95 Å². The largest absolute Gasteiger partial charge is 0.350 e. The van der Waals surface area contributed by atoms with Crippen molar-refractivity contribution in [3.63, 3.8) is 0 Å². The van der Waals surface area contributed by atoms with Gasteiger partial charge < -0.3 is 9.88 Å². The Kier molecular flexibility index (Phi) is 4.67. The number of aromatic nitrogens is 5. The number of thiazole rings is 1. The fourth-order valence-corrected chi connectivity index (χ4v) is 3.57. The molecule has 0 unspecified atom stereocenters. The van der Waals surface area contributed by atoms with Crippen molar-refractivity contribution in [2.45, 2.75) is 26.9 Å². The van der Waals surface area contributed by atoms with E-state index in [1.165, 1.54) is 4.57 Å². The first-order valence-corrected chi connectivity index (χ1v) is 9.71. The van der Waals surface area contributed by atoms with E-state index in [1.54, 1.807) is 41.9 Å². The summed E-state index contributed by atoms with van der Waals surface area (Å²) in [6.45, 7) is 5.09. The smallest absolute Gasteiger partial charge is 0.287 e. The molecular weight excluding hydrogens is 384 g/mol. The molecule has 9 heteroatoms. The molecule has 0 bridgehead atoms. The number of nitrogens with one attached hydrogen (secondary N) is 1. The Labute approximate surface area is 164 Å². The lowest BCUT2D eigenvalue weighted by molar-refractivity contribution is 0.775. The van der Waals surface area contributed by atoms with Gasteiger partial charge in [-0.05, 0) is 38.1 Å². The Morgan fingerprint density at radius 3 is 2.67 bits per heavy atom. The predicted molar refractivity (Wildman–Crippen MR) is 108 cm³/mol. The number of nitrogens with zero attached hydrogens (tertiary/aromatic N) is 5. The zero-order valence-corrected chi connectivity index (χ0v) is 16.4. The van der Waals surface area contributed by atoms with Gasteiger partial charge in [0.05, 0.1) is 29.3 Å². The molecule has 3 heterocycles. The van der Waals surface area contributed by atoms with Gasteiger partial charge in [0, 0.05) is 16.9 Å². The number of imidazole rings is 1. The molecule has 1 N–H and O–H groups in total. The number of anilines is 1. The van der Waals surface area contributed by atoms with Gasteiger partial charge in [-0.1, -0.05) is 11.6 Å². The van der Waals surface area contributed by atoms with Gasteiger partial charge >= 0.3 is 0 Å². The van der Waals surface area contributed by atoms with Crippen molar-refractivity contribution in [2.75, 3.05) is 5.32 Å². The maximum absolute atomic E-state index is 13.1. The van der Waals surface area contributed by atoms with Crippen molar-refractivity contribution < 1.29 is 0 Å². The molecular formula is C18H17ClN6OS. The van der Waals surface area contributed by atoms with Gasteiger partial charge in [-0.2, -0.15) is 4.98 Å². The lowest BCUT2D eigenvalue weighted by Crippen LogP contribution is -2.24. The molecule has 7 nitrogen and oxygen atoms in total. The summed E-state index contributed by atoms with van der Waals surface area (Å²) >= 11 is 7.58. The van der Waals surface area contributed by atoms with Crippen molar-refractivity contribution in [3.05, 3.63) is 62.1 Å². The molecule has 0 radical (unpaired) electrons. The van der Waals surface area contributed by atoms with Crippen molar-refractivity contribution in [1.29, 1.82) is 0 Å². The summed E-state index contributed by atoms with van der Waals surface area (Å²) in [5.74, 6) is 0.440. The Morgan fingerprint density at radius 1 is 1.22 bits per heavy atom. The van der Waals surface area contributed by atoms with Crippen LogP contribution in [-0.2, 0) is 13.1 Å². The summed E-state index contributed by atoms with van der Waals surface area (Å²) in [4.78, 5) is 26.5. The first-order valence-electron chi connectivity index (χ1n) is 8.45. The molecule has 1 aromatic carbocycles. The molecule has 27 heavy (non-hydrogen) atoms. The summed E-state index contributed by atoms with van der Waals surface area (Å²) in [5.41, 5.74) is 2.23. The molecule has 0 saturated heterocycles. The fourth-order valence-electron chi connectivity index (χ4n) is 2.84. The Balaban J connectivity index is 1.86. The quantitative estimate of drug-likeness (QED) is 0.553. The molecule has 0 aliphatic carbocycles. The van der Waals surface area contributed by atoms with Gasteiger partial charge in [0.1, 0.15) is 0 Å². The fraction of sp³-hybridized carbons (Fsp3) is 0.222. The molecule has 0 amide bonds. The van der Waals surface area contributed by atoms with E-state index in [2.05, 4.69) is 20.3 Å². The summed E-state index contributed by atoms with van der Waals surface area (Å²) in [6.07, 6.45) is 1.64.